The third-order valence-electron chi connectivity index (χ3n) is 4.63. The minimum atomic E-state index is -4.17. The first-order valence-corrected chi connectivity index (χ1v) is 7.91. The molecule has 3 rings (SSSR count). The van der Waals surface area contributed by atoms with Gasteiger partial charge in [0.1, 0.15) is 12.1 Å². The van der Waals surface area contributed by atoms with E-state index in [0.29, 0.717) is 31.6 Å². The van der Waals surface area contributed by atoms with Crippen LogP contribution in [0.5, 0.6) is 0 Å². The van der Waals surface area contributed by atoms with Gasteiger partial charge in [-0.25, -0.2) is 9.97 Å². The maximum Gasteiger partial charge on any atom is 0.401 e. The Hall–Kier alpha value is -1.41. The summed E-state index contributed by atoms with van der Waals surface area (Å²) in [5.74, 6) is 0.699. The van der Waals surface area contributed by atoms with Gasteiger partial charge in [0.05, 0.1) is 18.3 Å². The monoisotopic (exact) mass is 330 g/mol. The van der Waals surface area contributed by atoms with Crippen molar-refractivity contribution in [1.82, 2.24) is 14.9 Å². The molecule has 2 aliphatic heterocycles. The van der Waals surface area contributed by atoms with E-state index in [2.05, 4.69) is 15.3 Å². The van der Waals surface area contributed by atoms with Gasteiger partial charge in [-0.3, -0.25) is 4.90 Å². The van der Waals surface area contributed by atoms with Crippen molar-refractivity contribution < 1.29 is 18.3 Å². The summed E-state index contributed by atoms with van der Waals surface area (Å²) < 4.78 is 37.3. The van der Waals surface area contributed by atoms with Gasteiger partial charge in [-0.2, -0.15) is 13.2 Å². The number of alkyl halides is 3. The van der Waals surface area contributed by atoms with Crippen molar-refractivity contribution in [2.24, 2.45) is 5.92 Å². The highest BCUT2D eigenvalue weighted by Gasteiger charge is 2.35. The van der Waals surface area contributed by atoms with Crippen molar-refractivity contribution in [2.45, 2.75) is 44.5 Å². The van der Waals surface area contributed by atoms with Gasteiger partial charge in [-0.05, 0) is 45.2 Å². The van der Waals surface area contributed by atoms with E-state index in [0.717, 1.165) is 17.8 Å². The van der Waals surface area contributed by atoms with Gasteiger partial charge >= 0.3 is 6.18 Å². The number of fused-ring (bicyclic) bond motifs is 1. The Kier molecular flexibility index (Phi) is 4.46. The molecule has 23 heavy (non-hydrogen) atoms. The summed E-state index contributed by atoms with van der Waals surface area (Å²) in [6.45, 7) is 1.86. The number of nitrogens with one attached hydrogen (secondary N) is 1. The summed E-state index contributed by atoms with van der Waals surface area (Å²) in [6, 6.07) is 0.251. The number of hydrogen-bond acceptors (Lipinski definition) is 5. The van der Waals surface area contributed by atoms with E-state index in [1.165, 1.54) is 11.2 Å². The highest BCUT2D eigenvalue weighted by Crippen LogP contribution is 2.35. The fourth-order valence-corrected chi connectivity index (χ4v) is 3.50. The van der Waals surface area contributed by atoms with Gasteiger partial charge in [0.2, 0.25) is 0 Å². The second-order valence-corrected chi connectivity index (χ2v) is 6.51. The van der Waals surface area contributed by atoms with Crippen LogP contribution in [0.2, 0.25) is 0 Å². The van der Waals surface area contributed by atoms with Crippen LogP contribution in [0.3, 0.4) is 0 Å². The van der Waals surface area contributed by atoms with Crippen molar-refractivity contribution in [1.29, 1.82) is 0 Å². The van der Waals surface area contributed by atoms with Gasteiger partial charge in [0.15, 0.2) is 0 Å². The highest BCUT2D eigenvalue weighted by atomic mass is 19.4. The SMILES string of the molecule is CC1Cc2c(ncnc2C(O)C2CCN(CC(F)(F)F)CC2)N1. The molecule has 2 N–H and O–H groups in total. The average molecular weight is 330 g/mol. The molecule has 0 aromatic carbocycles. The number of rotatable bonds is 3. The van der Waals surface area contributed by atoms with E-state index in [9.17, 15) is 18.3 Å². The average Bonchev–Trinajstić information content (AvgIpc) is 2.85. The zero-order valence-electron chi connectivity index (χ0n) is 13.0. The number of nitrogens with zero attached hydrogens (tertiary/aromatic N) is 3. The quantitative estimate of drug-likeness (QED) is 0.889. The number of aliphatic hydroxyl groups excluding tert-OH is 1. The Morgan fingerprint density at radius 1 is 1.35 bits per heavy atom. The number of halogens is 3. The Labute approximate surface area is 132 Å². The number of hydrogen-bond donors (Lipinski definition) is 2. The summed E-state index contributed by atoms with van der Waals surface area (Å²) in [4.78, 5) is 9.83. The first kappa shape index (κ1) is 16.4. The van der Waals surface area contributed by atoms with E-state index < -0.39 is 18.8 Å². The molecule has 0 spiro atoms. The van der Waals surface area contributed by atoms with Gasteiger partial charge in [-0.15, -0.1) is 0 Å². The Morgan fingerprint density at radius 3 is 2.70 bits per heavy atom. The Morgan fingerprint density at radius 2 is 2.04 bits per heavy atom. The lowest BCUT2D eigenvalue weighted by Crippen LogP contribution is -2.41. The van der Waals surface area contributed by atoms with Gasteiger partial charge in [-0.1, -0.05) is 0 Å². The minimum Gasteiger partial charge on any atom is -0.386 e. The molecular weight excluding hydrogens is 309 g/mol. The van der Waals surface area contributed by atoms with Crippen LogP contribution in [0.15, 0.2) is 6.33 Å². The van der Waals surface area contributed by atoms with Gasteiger partial charge < -0.3 is 10.4 Å². The largest absolute Gasteiger partial charge is 0.401 e. The standard InChI is InChI=1S/C15H21F3N4O/c1-9-6-11-12(19-8-20-14(11)21-9)13(23)10-2-4-22(5-3-10)7-15(16,17)18/h8-10,13,23H,2-7H2,1H3,(H,19,20,21). The Balaban J connectivity index is 1.65. The second-order valence-electron chi connectivity index (χ2n) is 6.51. The lowest BCUT2D eigenvalue weighted by molar-refractivity contribution is -0.149. The maximum atomic E-state index is 12.4. The van der Waals surface area contributed by atoms with Crippen LogP contribution in [0.1, 0.15) is 37.1 Å². The molecule has 3 heterocycles. The maximum absolute atomic E-state index is 12.4. The molecule has 1 saturated heterocycles. The van der Waals surface area contributed by atoms with E-state index in [4.69, 9.17) is 0 Å². The molecule has 1 fully saturated rings. The molecular formula is C15H21F3N4O. The van der Waals surface area contributed by atoms with Crippen LogP contribution >= 0.6 is 0 Å². The molecule has 0 aliphatic carbocycles. The highest BCUT2D eigenvalue weighted by molar-refractivity contribution is 5.52. The molecule has 2 unspecified atom stereocenters. The van der Waals surface area contributed by atoms with Crippen LogP contribution in [-0.4, -0.2) is 51.8 Å². The molecule has 1 aromatic rings. The fraction of sp³-hybridized carbons (Fsp3) is 0.733. The molecule has 5 nitrogen and oxygen atoms in total. The van der Waals surface area contributed by atoms with Crippen LogP contribution < -0.4 is 5.32 Å². The molecule has 8 heteroatoms. The number of aliphatic hydroxyl groups is 1. The second kappa shape index (κ2) is 6.24. The number of aromatic nitrogens is 2. The molecule has 0 saturated carbocycles. The predicted octanol–water partition coefficient (Wildman–Crippen LogP) is 2.14. The van der Waals surface area contributed by atoms with Crippen LogP contribution in [-0.2, 0) is 6.42 Å². The van der Waals surface area contributed by atoms with Crippen molar-refractivity contribution >= 4 is 5.82 Å². The topological polar surface area (TPSA) is 61.3 Å². The molecule has 0 amide bonds. The van der Waals surface area contributed by atoms with Crippen LogP contribution in [0.25, 0.3) is 0 Å². The molecule has 128 valence electrons. The van der Waals surface area contributed by atoms with Crippen molar-refractivity contribution in [3.05, 3.63) is 17.6 Å². The van der Waals surface area contributed by atoms with Crippen LogP contribution in [0, 0.1) is 5.92 Å². The van der Waals surface area contributed by atoms with Gasteiger partial charge in [0, 0.05) is 11.6 Å². The summed E-state index contributed by atoms with van der Waals surface area (Å²) in [7, 11) is 0. The first-order valence-electron chi connectivity index (χ1n) is 7.91. The number of piperidine rings is 1. The number of likely N-dealkylation sites (tertiary alicyclic amines) is 1. The van der Waals surface area contributed by atoms with E-state index in [1.807, 2.05) is 6.92 Å². The molecule has 2 aliphatic rings. The lowest BCUT2D eigenvalue weighted by Gasteiger charge is -2.34. The zero-order valence-corrected chi connectivity index (χ0v) is 13.0. The van der Waals surface area contributed by atoms with Crippen molar-refractivity contribution in [3.63, 3.8) is 0 Å². The third kappa shape index (κ3) is 3.74. The Bertz CT molecular complexity index is 558. The molecule has 1 aromatic heterocycles. The summed E-state index contributed by atoms with van der Waals surface area (Å²) in [5, 5.41) is 13.9. The number of anilines is 1. The molecule has 2 atom stereocenters. The van der Waals surface area contributed by atoms with Crippen LogP contribution in [0.4, 0.5) is 19.0 Å². The molecule has 0 radical (unpaired) electrons. The van der Waals surface area contributed by atoms with E-state index in [-0.39, 0.29) is 12.0 Å². The van der Waals surface area contributed by atoms with Gasteiger partial charge in [0.25, 0.3) is 0 Å². The minimum absolute atomic E-state index is 0.0608. The first-order chi connectivity index (χ1) is 10.8. The fourth-order valence-electron chi connectivity index (χ4n) is 3.50. The summed E-state index contributed by atoms with van der Waals surface area (Å²) in [6.07, 6.45) is -1.64. The summed E-state index contributed by atoms with van der Waals surface area (Å²) in [5.41, 5.74) is 1.56. The van der Waals surface area contributed by atoms with E-state index in [1.54, 1.807) is 0 Å². The smallest absolute Gasteiger partial charge is 0.386 e. The predicted molar refractivity (Wildman–Crippen MR) is 79.0 cm³/mol. The third-order valence-corrected chi connectivity index (χ3v) is 4.63. The lowest BCUT2D eigenvalue weighted by atomic mass is 9.87. The van der Waals surface area contributed by atoms with Crippen molar-refractivity contribution in [3.8, 4) is 0 Å². The molecule has 0 bridgehead atoms. The van der Waals surface area contributed by atoms with Crippen molar-refractivity contribution in [2.75, 3.05) is 25.0 Å². The zero-order chi connectivity index (χ0) is 16.6. The van der Waals surface area contributed by atoms with E-state index >= 15 is 0 Å². The normalized spacial score (nSPS) is 24.3. The summed E-state index contributed by atoms with van der Waals surface area (Å²) >= 11 is 0.